The average molecular weight is 275 g/mol. The fraction of sp³-hybridized carbons (Fsp3) is 0.600. The van der Waals surface area contributed by atoms with Gasteiger partial charge < -0.3 is 5.73 Å². The smallest absolute Gasteiger partial charge is 0.0328 e. The average Bonchev–Trinajstić information content (AvgIpc) is 2.51. The van der Waals surface area contributed by atoms with Crippen molar-refractivity contribution in [2.45, 2.75) is 25.4 Å². The maximum atomic E-state index is 5.94. The molecule has 2 nitrogen and oxygen atoms in total. The van der Waals surface area contributed by atoms with Gasteiger partial charge in [0.2, 0.25) is 0 Å². The molecule has 1 atom stereocenters. The molecule has 2 heterocycles. The molecule has 1 aliphatic heterocycles. The van der Waals surface area contributed by atoms with E-state index in [4.69, 9.17) is 5.73 Å². The maximum absolute atomic E-state index is 5.94. The van der Waals surface area contributed by atoms with Crippen LogP contribution < -0.4 is 5.73 Å². The van der Waals surface area contributed by atoms with Crippen molar-refractivity contribution in [3.8, 4) is 0 Å². The summed E-state index contributed by atoms with van der Waals surface area (Å²) in [5, 5.41) is 2.14. The normalized spacial score (nSPS) is 24.0. The highest BCUT2D eigenvalue weighted by atomic mass is 79.9. The minimum Gasteiger partial charge on any atom is -0.327 e. The number of nitrogens with two attached hydrogens (primary N) is 1. The molecule has 2 rings (SSSR count). The molecule has 0 saturated carbocycles. The molecule has 1 aromatic rings. The van der Waals surface area contributed by atoms with E-state index in [0.29, 0.717) is 6.04 Å². The Morgan fingerprint density at radius 2 is 2.50 bits per heavy atom. The summed E-state index contributed by atoms with van der Waals surface area (Å²) in [6, 6.07) is 2.58. The van der Waals surface area contributed by atoms with Crippen molar-refractivity contribution in [1.29, 1.82) is 0 Å². The lowest BCUT2D eigenvalue weighted by atomic mass is 10.1. The highest BCUT2D eigenvalue weighted by Gasteiger charge is 2.16. The van der Waals surface area contributed by atoms with Crippen LogP contribution in [0, 0.1) is 0 Å². The minimum absolute atomic E-state index is 0.382. The zero-order valence-corrected chi connectivity index (χ0v) is 10.5. The van der Waals surface area contributed by atoms with Gasteiger partial charge in [0.05, 0.1) is 0 Å². The third-order valence-electron chi connectivity index (χ3n) is 2.54. The Morgan fingerprint density at radius 1 is 1.64 bits per heavy atom. The lowest BCUT2D eigenvalue weighted by Crippen LogP contribution is -2.42. The summed E-state index contributed by atoms with van der Waals surface area (Å²) in [6.45, 7) is 3.31. The van der Waals surface area contributed by atoms with Crippen LogP contribution in [0.3, 0.4) is 0 Å². The van der Waals surface area contributed by atoms with Crippen molar-refractivity contribution < 1.29 is 0 Å². The van der Waals surface area contributed by atoms with E-state index in [1.807, 2.05) is 11.3 Å². The van der Waals surface area contributed by atoms with Gasteiger partial charge in [-0.3, -0.25) is 4.90 Å². The van der Waals surface area contributed by atoms with E-state index in [-0.39, 0.29) is 0 Å². The largest absolute Gasteiger partial charge is 0.327 e. The Morgan fingerprint density at radius 3 is 3.14 bits per heavy atom. The maximum Gasteiger partial charge on any atom is 0.0328 e. The number of halogens is 1. The van der Waals surface area contributed by atoms with Crippen LogP contribution in [0.4, 0.5) is 0 Å². The lowest BCUT2D eigenvalue weighted by Gasteiger charge is -2.30. The first-order valence-electron chi connectivity index (χ1n) is 4.95. The summed E-state index contributed by atoms with van der Waals surface area (Å²) in [5.74, 6) is 0. The number of likely N-dealkylation sites (tertiary alicyclic amines) is 1. The molecular weight excluding hydrogens is 260 g/mol. The number of nitrogens with zero attached hydrogens (tertiary/aromatic N) is 1. The summed E-state index contributed by atoms with van der Waals surface area (Å²) >= 11 is 5.29. The van der Waals surface area contributed by atoms with E-state index in [1.165, 1.54) is 28.7 Å². The summed E-state index contributed by atoms with van der Waals surface area (Å²) in [5.41, 5.74) is 5.94. The van der Waals surface area contributed by atoms with Crippen LogP contribution in [0.5, 0.6) is 0 Å². The standard InChI is InChI=1S/C10H15BrN2S/c11-8-4-10(14-7-8)6-13-3-1-2-9(12)5-13/h4,7,9H,1-3,5-6,12H2. The zero-order chi connectivity index (χ0) is 9.97. The molecule has 0 amide bonds. The van der Waals surface area contributed by atoms with Gasteiger partial charge in [-0.1, -0.05) is 0 Å². The Hall–Kier alpha value is 0.1000. The van der Waals surface area contributed by atoms with Crippen LogP contribution in [0.2, 0.25) is 0 Å². The summed E-state index contributed by atoms with van der Waals surface area (Å²) in [6.07, 6.45) is 2.43. The Bertz CT molecular complexity index is 300. The van der Waals surface area contributed by atoms with Crippen LogP contribution in [0.15, 0.2) is 15.9 Å². The van der Waals surface area contributed by atoms with Crippen molar-refractivity contribution >= 4 is 27.3 Å². The summed E-state index contributed by atoms with van der Waals surface area (Å²) < 4.78 is 1.19. The molecule has 2 N–H and O–H groups in total. The number of thiophene rings is 1. The molecule has 1 fully saturated rings. The van der Waals surface area contributed by atoms with Gasteiger partial charge in [-0.25, -0.2) is 0 Å². The first-order valence-corrected chi connectivity index (χ1v) is 6.62. The molecule has 1 unspecified atom stereocenters. The van der Waals surface area contributed by atoms with E-state index in [1.54, 1.807) is 0 Å². The van der Waals surface area contributed by atoms with Crippen molar-refractivity contribution in [2.75, 3.05) is 13.1 Å². The third-order valence-corrected chi connectivity index (χ3v) is 4.23. The third kappa shape index (κ3) is 2.79. The molecule has 0 spiro atoms. The predicted molar refractivity (Wildman–Crippen MR) is 64.5 cm³/mol. The molecule has 14 heavy (non-hydrogen) atoms. The van der Waals surface area contributed by atoms with E-state index in [2.05, 4.69) is 32.3 Å². The van der Waals surface area contributed by atoms with Gasteiger partial charge in [-0.05, 0) is 41.4 Å². The molecule has 0 radical (unpaired) electrons. The lowest BCUT2D eigenvalue weighted by molar-refractivity contribution is 0.203. The van der Waals surface area contributed by atoms with Crippen LogP contribution in [-0.4, -0.2) is 24.0 Å². The summed E-state index contributed by atoms with van der Waals surface area (Å²) in [7, 11) is 0. The molecule has 78 valence electrons. The SMILES string of the molecule is NC1CCCN(Cc2cc(Br)cs2)C1. The monoisotopic (exact) mass is 274 g/mol. The predicted octanol–water partition coefficient (Wildman–Crippen LogP) is 2.43. The van der Waals surface area contributed by atoms with E-state index < -0.39 is 0 Å². The second-order valence-electron chi connectivity index (χ2n) is 3.87. The molecular formula is C10H15BrN2S. The van der Waals surface area contributed by atoms with Gasteiger partial charge in [0.1, 0.15) is 0 Å². The number of hydrogen-bond donors (Lipinski definition) is 1. The van der Waals surface area contributed by atoms with Gasteiger partial charge in [0.25, 0.3) is 0 Å². The fourth-order valence-electron chi connectivity index (χ4n) is 1.89. The Labute approximate surface area is 97.2 Å². The number of piperidine rings is 1. The van der Waals surface area contributed by atoms with Gasteiger partial charge in [0, 0.05) is 33.9 Å². The van der Waals surface area contributed by atoms with E-state index >= 15 is 0 Å². The molecule has 1 aliphatic rings. The topological polar surface area (TPSA) is 29.3 Å². The molecule has 0 aromatic carbocycles. The van der Waals surface area contributed by atoms with Gasteiger partial charge in [-0.2, -0.15) is 0 Å². The highest BCUT2D eigenvalue weighted by molar-refractivity contribution is 9.10. The quantitative estimate of drug-likeness (QED) is 0.898. The molecule has 0 aliphatic carbocycles. The van der Waals surface area contributed by atoms with Gasteiger partial charge in [-0.15, -0.1) is 11.3 Å². The number of rotatable bonds is 2. The van der Waals surface area contributed by atoms with Crippen LogP contribution in [-0.2, 0) is 6.54 Å². The van der Waals surface area contributed by atoms with Crippen molar-refractivity contribution in [3.63, 3.8) is 0 Å². The molecule has 4 heteroatoms. The highest BCUT2D eigenvalue weighted by Crippen LogP contribution is 2.22. The van der Waals surface area contributed by atoms with E-state index in [0.717, 1.165) is 13.1 Å². The van der Waals surface area contributed by atoms with Crippen LogP contribution in [0.25, 0.3) is 0 Å². The summed E-state index contributed by atoms with van der Waals surface area (Å²) in [4.78, 5) is 3.87. The van der Waals surface area contributed by atoms with Gasteiger partial charge in [0.15, 0.2) is 0 Å². The van der Waals surface area contributed by atoms with Crippen molar-refractivity contribution in [3.05, 3.63) is 20.8 Å². The van der Waals surface area contributed by atoms with Crippen molar-refractivity contribution in [1.82, 2.24) is 4.90 Å². The number of hydrogen-bond acceptors (Lipinski definition) is 3. The second-order valence-corrected chi connectivity index (χ2v) is 5.78. The fourth-order valence-corrected chi connectivity index (χ4v) is 3.38. The Balaban J connectivity index is 1.90. The molecule has 1 saturated heterocycles. The van der Waals surface area contributed by atoms with Crippen LogP contribution >= 0.6 is 27.3 Å². The second kappa shape index (κ2) is 4.75. The zero-order valence-electron chi connectivity index (χ0n) is 8.08. The van der Waals surface area contributed by atoms with Crippen LogP contribution in [0.1, 0.15) is 17.7 Å². The van der Waals surface area contributed by atoms with Crippen molar-refractivity contribution in [2.24, 2.45) is 5.73 Å². The van der Waals surface area contributed by atoms with Gasteiger partial charge >= 0.3 is 0 Å². The Kier molecular flexibility index (Phi) is 3.60. The first kappa shape index (κ1) is 10.6. The minimum atomic E-state index is 0.382. The first-order chi connectivity index (χ1) is 6.74. The van der Waals surface area contributed by atoms with E-state index in [9.17, 15) is 0 Å². The molecule has 1 aromatic heterocycles. The molecule has 0 bridgehead atoms.